The van der Waals surface area contributed by atoms with E-state index in [2.05, 4.69) is 24.3 Å². The summed E-state index contributed by atoms with van der Waals surface area (Å²) in [5.74, 6) is 0. The molecule has 2 aromatic rings. The molecule has 0 aliphatic carbocycles. The van der Waals surface area contributed by atoms with E-state index >= 15 is 0 Å². The number of aryl methyl sites for hydroxylation is 3. The summed E-state index contributed by atoms with van der Waals surface area (Å²) in [6, 6.07) is 16.3. The first-order chi connectivity index (χ1) is 12.1. The van der Waals surface area contributed by atoms with Gasteiger partial charge in [-0.05, 0) is 56.2 Å². The van der Waals surface area contributed by atoms with E-state index in [1.807, 2.05) is 38.1 Å². The Morgan fingerprint density at radius 1 is 0.800 bits per heavy atom. The normalized spacial score (nSPS) is 11.4. The summed E-state index contributed by atoms with van der Waals surface area (Å²) >= 11 is 0. The van der Waals surface area contributed by atoms with Crippen molar-refractivity contribution in [3.05, 3.63) is 70.8 Å². The van der Waals surface area contributed by atoms with Crippen LogP contribution in [-0.4, -0.2) is 11.7 Å². The van der Waals surface area contributed by atoms with Crippen LogP contribution in [0.15, 0.2) is 48.5 Å². The smallest absolute Gasteiger partial charge is 0.234 e. The lowest BCUT2D eigenvalue weighted by atomic mass is 10.0. The minimum Gasteiger partial charge on any atom is -0.234 e. The summed E-state index contributed by atoms with van der Waals surface area (Å²) in [6.45, 7) is 3.83. The van der Waals surface area contributed by atoms with Gasteiger partial charge in [0, 0.05) is 0 Å². The molecule has 0 amide bonds. The van der Waals surface area contributed by atoms with Crippen molar-refractivity contribution in [2.75, 3.05) is 6.16 Å². The van der Waals surface area contributed by atoms with Gasteiger partial charge >= 0.3 is 13.3 Å². The van der Waals surface area contributed by atoms with Gasteiger partial charge in [0.2, 0.25) is 0 Å². The van der Waals surface area contributed by atoms with E-state index in [1.54, 1.807) is 0 Å². The number of unbranched alkanes of at least 4 members (excludes halogenated alkanes) is 4. The Hall–Kier alpha value is -1.79. The van der Waals surface area contributed by atoms with E-state index < -0.39 is 7.80 Å². The maximum atomic E-state index is 12.4. The van der Waals surface area contributed by atoms with Crippen LogP contribution in [0.25, 0.3) is 0 Å². The molecule has 0 fully saturated rings. The molecule has 0 saturated heterocycles. The van der Waals surface area contributed by atoms with Gasteiger partial charge < -0.3 is 0 Å². The van der Waals surface area contributed by atoms with Crippen LogP contribution in [0.2, 0.25) is 0 Å². The van der Waals surface area contributed by atoms with E-state index in [0.29, 0.717) is 11.7 Å². The third-order valence-corrected chi connectivity index (χ3v) is 5.99. The van der Waals surface area contributed by atoms with Crippen LogP contribution in [0.1, 0.15) is 59.2 Å². The second-order valence-corrected chi connectivity index (χ2v) is 8.29. The minimum atomic E-state index is -1.80. The monoisotopic (exact) mass is 355 g/mol. The number of carbonyl (C=O) groups excluding carboxylic acids is 1. The lowest BCUT2D eigenvalue weighted by Crippen LogP contribution is -2.01. The summed E-state index contributed by atoms with van der Waals surface area (Å²) in [7, 11) is -1.80. The van der Waals surface area contributed by atoms with Crippen molar-refractivity contribution >= 4 is 13.3 Å². The van der Waals surface area contributed by atoms with E-state index in [0.717, 1.165) is 36.8 Å². The molecule has 0 N–H and O–H groups in total. The van der Waals surface area contributed by atoms with Crippen molar-refractivity contribution in [3.63, 3.8) is 0 Å². The van der Waals surface area contributed by atoms with Crippen LogP contribution in [0.3, 0.4) is 0 Å². The Bertz CT molecular complexity index is 687. The van der Waals surface area contributed by atoms with Gasteiger partial charge in [0.25, 0.3) is 0 Å². The molecule has 1 unspecified atom stereocenters. The molecule has 0 spiro atoms. The molecule has 0 radical (unpaired) electrons. The van der Waals surface area contributed by atoms with Gasteiger partial charge in [-0.15, -0.1) is 0 Å². The Balaban J connectivity index is 1.64. The van der Waals surface area contributed by atoms with Gasteiger partial charge in [-0.3, -0.25) is 0 Å². The van der Waals surface area contributed by atoms with Crippen LogP contribution in [0.5, 0.6) is 0 Å². The number of hydrogen-bond acceptors (Lipinski definition) is 2. The van der Waals surface area contributed by atoms with E-state index in [1.165, 1.54) is 18.4 Å². The Labute approximate surface area is 152 Å². The van der Waals surface area contributed by atoms with Crippen LogP contribution >= 0.6 is 7.80 Å². The van der Waals surface area contributed by atoms with Crippen molar-refractivity contribution in [1.29, 1.82) is 0 Å². The Kier molecular flexibility index (Phi) is 8.01. The van der Waals surface area contributed by atoms with Crippen molar-refractivity contribution < 1.29 is 9.36 Å². The molecule has 0 heterocycles. The molecule has 0 aliphatic heterocycles. The first-order valence-corrected chi connectivity index (χ1v) is 10.6. The van der Waals surface area contributed by atoms with Crippen molar-refractivity contribution in [2.45, 2.75) is 52.4 Å². The zero-order chi connectivity index (χ0) is 18.1. The Morgan fingerprint density at radius 3 is 2.08 bits per heavy atom. The predicted molar refractivity (Wildman–Crippen MR) is 106 cm³/mol. The molecule has 132 valence electrons. The third-order valence-electron chi connectivity index (χ3n) is 4.59. The highest BCUT2D eigenvalue weighted by Crippen LogP contribution is 2.31. The molecular formula is C22H28O2P+. The first kappa shape index (κ1) is 19.5. The lowest BCUT2D eigenvalue weighted by Gasteiger charge is -2.02. The fraction of sp³-hybridized carbons (Fsp3) is 0.409. The second-order valence-electron chi connectivity index (χ2n) is 6.68. The molecular weight excluding hydrogens is 327 g/mol. The fourth-order valence-corrected chi connectivity index (χ4v) is 4.45. The molecule has 0 bridgehead atoms. The quantitative estimate of drug-likeness (QED) is 0.362. The van der Waals surface area contributed by atoms with E-state index in [-0.39, 0.29) is 5.52 Å². The molecule has 2 aromatic carbocycles. The van der Waals surface area contributed by atoms with Gasteiger partial charge in [-0.1, -0.05) is 65.9 Å². The van der Waals surface area contributed by atoms with Gasteiger partial charge in [0.15, 0.2) is 6.16 Å². The fourth-order valence-electron chi connectivity index (χ4n) is 3.14. The highest BCUT2D eigenvalue weighted by Gasteiger charge is 2.31. The van der Waals surface area contributed by atoms with Crippen LogP contribution in [0, 0.1) is 13.8 Å². The number of benzene rings is 2. The average Bonchev–Trinajstić information content (AvgIpc) is 2.61. The van der Waals surface area contributed by atoms with Crippen LogP contribution in [0.4, 0.5) is 0 Å². The van der Waals surface area contributed by atoms with Gasteiger partial charge in [-0.25, -0.2) is 4.79 Å². The van der Waals surface area contributed by atoms with Gasteiger partial charge in [0.1, 0.15) is 0 Å². The largest absolute Gasteiger partial charge is 0.420 e. The van der Waals surface area contributed by atoms with Crippen LogP contribution < -0.4 is 0 Å². The molecule has 2 nitrogen and oxygen atoms in total. The highest BCUT2D eigenvalue weighted by molar-refractivity contribution is 7.64. The zero-order valence-electron chi connectivity index (χ0n) is 15.3. The summed E-state index contributed by atoms with van der Waals surface area (Å²) in [4.78, 5) is 12.4. The maximum absolute atomic E-state index is 12.4. The standard InChI is InChI=1S/C22H28O2P/c1-18-12-11-13-19(2)21(18)22(23)25(24)17-10-5-3-4-7-14-20-15-8-6-9-16-20/h6,8-9,11-13,15-16H,3-5,7,10,14,17H2,1-2H3/q+1. The third kappa shape index (κ3) is 6.21. The van der Waals surface area contributed by atoms with E-state index in [9.17, 15) is 9.36 Å². The summed E-state index contributed by atoms with van der Waals surface area (Å²) in [5, 5.41) is 0. The summed E-state index contributed by atoms with van der Waals surface area (Å²) in [6.07, 6.45) is 7.09. The van der Waals surface area contributed by atoms with Gasteiger partial charge in [0.05, 0.1) is 5.56 Å². The predicted octanol–water partition coefficient (Wildman–Crippen LogP) is 6.46. The zero-order valence-corrected chi connectivity index (χ0v) is 16.2. The molecule has 0 aliphatic rings. The molecule has 0 saturated carbocycles. The molecule has 25 heavy (non-hydrogen) atoms. The Morgan fingerprint density at radius 2 is 1.40 bits per heavy atom. The number of hydrogen-bond donors (Lipinski definition) is 0. The molecule has 2 rings (SSSR count). The topological polar surface area (TPSA) is 34.1 Å². The van der Waals surface area contributed by atoms with E-state index in [4.69, 9.17) is 0 Å². The summed E-state index contributed by atoms with van der Waals surface area (Å²) in [5.41, 5.74) is 3.73. The van der Waals surface area contributed by atoms with Crippen molar-refractivity contribution in [2.24, 2.45) is 0 Å². The molecule has 3 heteroatoms. The second kappa shape index (κ2) is 10.3. The number of carbonyl (C=O) groups is 1. The highest BCUT2D eigenvalue weighted by atomic mass is 31.1. The summed E-state index contributed by atoms with van der Waals surface area (Å²) < 4.78 is 12.3. The minimum absolute atomic E-state index is 0.172. The number of rotatable bonds is 10. The SMILES string of the molecule is Cc1cccc(C)c1C(=O)[P+](=O)CCCCCCCc1ccccc1. The lowest BCUT2D eigenvalue weighted by molar-refractivity contribution is 0.107. The molecule has 0 aromatic heterocycles. The van der Waals surface area contributed by atoms with Gasteiger partial charge in [-0.2, -0.15) is 0 Å². The van der Waals surface area contributed by atoms with Crippen LogP contribution in [-0.2, 0) is 11.0 Å². The first-order valence-electron chi connectivity index (χ1n) is 9.18. The average molecular weight is 355 g/mol. The maximum Gasteiger partial charge on any atom is 0.420 e. The van der Waals surface area contributed by atoms with Crippen molar-refractivity contribution in [3.8, 4) is 0 Å². The van der Waals surface area contributed by atoms with Crippen molar-refractivity contribution in [1.82, 2.24) is 0 Å². The molecule has 1 atom stereocenters.